The molecule has 1 saturated heterocycles. The van der Waals surface area contributed by atoms with Crippen LogP contribution in [0.4, 0.5) is 5.13 Å². The van der Waals surface area contributed by atoms with Crippen molar-refractivity contribution in [3.63, 3.8) is 0 Å². The zero-order valence-electron chi connectivity index (χ0n) is 14.2. The van der Waals surface area contributed by atoms with Crippen LogP contribution >= 0.6 is 11.3 Å². The van der Waals surface area contributed by atoms with E-state index in [0.717, 1.165) is 47.2 Å². The van der Waals surface area contributed by atoms with Crippen molar-refractivity contribution < 1.29 is 9.47 Å². The fraction of sp³-hybridized carbons (Fsp3) is 0.200. The molecule has 1 aliphatic heterocycles. The minimum Gasteiger partial charge on any atom is -0.348 e. The van der Waals surface area contributed by atoms with Gasteiger partial charge >= 0.3 is 0 Å². The summed E-state index contributed by atoms with van der Waals surface area (Å²) in [5, 5.41) is 7.06. The van der Waals surface area contributed by atoms with Crippen molar-refractivity contribution in [1.82, 2.24) is 4.98 Å². The van der Waals surface area contributed by atoms with Crippen LogP contribution in [-0.2, 0) is 9.47 Å². The summed E-state index contributed by atoms with van der Waals surface area (Å²) in [6.07, 6.45) is 2.48. The molecule has 0 bridgehead atoms. The molecule has 0 radical (unpaired) electrons. The molecule has 0 amide bonds. The summed E-state index contributed by atoms with van der Waals surface area (Å²) in [6, 6.07) is 18.1. The van der Waals surface area contributed by atoms with Crippen LogP contribution in [0.15, 0.2) is 65.1 Å². The van der Waals surface area contributed by atoms with Crippen LogP contribution in [0.1, 0.15) is 23.8 Å². The van der Waals surface area contributed by atoms with E-state index in [9.17, 15) is 0 Å². The summed E-state index contributed by atoms with van der Waals surface area (Å²) < 4.78 is 11.2. The number of hydrogen-bond acceptors (Lipinski definition) is 6. The van der Waals surface area contributed by atoms with Crippen LogP contribution in [0.25, 0.3) is 11.3 Å². The average molecular weight is 365 g/mol. The molecule has 1 fully saturated rings. The van der Waals surface area contributed by atoms with E-state index in [1.54, 1.807) is 6.21 Å². The number of benzene rings is 2. The van der Waals surface area contributed by atoms with E-state index in [4.69, 9.17) is 9.47 Å². The molecule has 6 heteroatoms. The molecule has 0 unspecified atom stereocenters. The minimum absolute atomic E-state index is 0.250. The van der Waals surface area contributed by atoms with E-state index < -0.39 is 0 Å². The van der Waals surface area contributed by atoms with Gasteiger partial charge < -0.3 is 9.47 Å². The minimum atomic E-state index is -0.250. The molecule has 1 aromatic heterocycles. The average Bonchev–Trinajstić information content (AvgIpc) is 3.19. The number of aromatic nitrogens is 1. The van der Waals surface area contributed by atoms with E-state index in [1.807, 2.05) is 60.0 Å². The third-order valence-corrected chi connectivity index (χ3v) is 4.73. The standard InChI is InChI=1S/C20H19N3O2S/c1-2-5-16(6-3-1)18-14-26-20(22-18)23-21-13-15-7-9-17(10-8-15)19-24-11-4-12-25-19/h1-3,5-10,13-14,19H,4,11-12H2,(H,22,23). The lowest BCUT2D eigenvalue weighted by Gasteiger charge is -2.23. The Labute approximate surface area is 156 Å². The fourth-order valence-corrected chi connectivity index (χ4v) is 3.32. The van der Waals surface area contributed by atoms with Gasteiger partial charge in [-0.3, -0.25) is 5.43 Å². The lowest BCUT2D eigenvalue weighted by atomic mass is 10.1. The molecule has 0 aliphatic carbocycles. The van der Waals surface area contributed by atoms with E-state index in [2.05, 4.69) is 15.5 Å². The van der Waals surface area contributed by atoms with E-state index >= 15 is 0 Å². The van der Waals surface area contributed by atoms with Crippen LogP contribution in [0.3, 0.4) is 0 Å². The molecule has 1 aliphatic rings. The molecule has 3 aromatic rings. The van der Waals surface area contributed by atoms with Gasteiger partial charge in [-0.15, -0.1) is 11.3 Å². The Kier molecular flexibility index (Phi) is 5.35. The number of nitrogens with one attached hydrogen (secondary N) is 1. The molecule has 0 atom stereocenters. The predicted molar refractivity (Wildman–Crippen MR) is 104 cm³/mol. The van der Waals surface area contributed by atoms with Gasteiger partial charge in [0.15, 0.2) is 6.29 Å². The molecular formula is C20H19N3O2S. The van der Waals surface area contributed by atoms with Gasteiger partial charge in [0.1, 0.15) is 0 Å². The number of rotatable bonds is 5. The zero-order valence-corrected chi connectivity index (χ0v) is 15.0. The highest BCUT2D eigenvalue weighted by molar-refractivity contribution is 7.14. The van der Waals surface area contributed by atoms with Gasteiger partial charge in [-0.05, 0) is 12.0 Å². The Morgan fingerprint density at radius 2 is 1.81 bits per heavy atom. The molecular weight excluding hydrogens is 346 g/mol. The number of hydrogen-bond donors (Lipinski definition) is 1. The van der Waals surface area contributed by atoms with Gasteiger partial charge in [0.05, 0.1) is 25.1 Å². The van der Waals surface area contributed by atoms with Crippen LogP contribution in [0.5, 0.6) is 0 Å². The van der Waals surface area contributed by atoms with Crippen molar-refractivity contribution in [2.75, 3.05) is 18.6 Å². The Balaban J connectivity index is 1.36. The second-order valence-corrected chi connectivity index (χ2v) is 6.73. The summed E-state index contributed by atoms with van der Waals surface area (Å²) in [7, 11) is 0. The van der Waals surface area contributed by atoms with Crippen molar-refractivity contribution >= 4 is 22.7 Å². The molecule has 2 aromatic carbocycles. The normalized spacial score (nSPS) is 15.4. The number of thiazole rings is 1. The maximum atomic E-state index is 5.61. The van der Waals surface area contributed by atoms with Gasteiger partial charge in [0.2, 0.25) is 5.13 Å². The van der Waals surface area contributed by atoms with Crippen molar-refractivity contribution in [1.29, 1.82) is 0 Å². The maximum absolute atomic E-state index is 5.61. The van der Waals surface area contributed by atoms with Gasteiger partial charge in [-0.1, -0.05) is 54.6 Å². The largest absolute Gasteiger partial charge is 0.348 e. The van der Waals surface area contributed by atoms with E-state index in [-0.39, 0.29) is 6.29 Å². The van der Waals surface area contributed by atoms with Gasteiger partial charge in [0.25, 0.3) is 0 Å². The first kappa shape index (κ1) is 16.9. The number of anilines is 1. The topological polar surface area (TPSA) is 55.7 Å². The number of hydrazone groups is 1. The SMILES string of the molecule is C(=NNc1nc(-c2ccccc2)cs1)c1ccc(C2OCCCO2)cc1. The lowest BCUT2D eigenvalue weighted by molar-refractivity contribution is -0.183. The molecule has 5 nitrogen and oxygen atoms in total. The Bertz CT molecular complexity index is 856. The molecule has 0 spiro atoms. The molecule has 4 rings (SSSR count). The van der Waals surface area contributed by atoms with Crippen LogP contribution < -0.4 is 5.43 Å². The first-order chi connectivity index (χ1) is 12.9. The second kappa shape index (κ2) is 8.23. The monoisotopic (exact) mass is 365 g/mol. The highest BCUT2D eigenvalue weighted by atomic mass is 32.1. The van der Waals surface area contributed by atoms with Crippen molar-refractivity contribution in [3.05, 3.63) is 71.1 Å². The highest BCUT2D eigenvalue weighted by Gasteiger charge is 2.15. The predicted octanol–water partition coefficient (Wildman–Crippen LogP) is 4.69. The number of ether oxygens (including phenoxy) is 2. The first-order valence-corrected chi connectivity index (χ1v) is 9.40. The maximum Gasteiger partial charge on any atom is 0.203 e. The zero-order chi connectivity index (χ0) is 17.6. The summed E-state index contributed by atoms with van der Waals surface area (Å²) in [5.74, 6) is 0. The summed E-state index contributed by atoms with van der Waals surface area (Å²) >= 11 is 1.53. The third-order valence-electron chi connectivity index (χ3n) is 3.98. The van der Waals surface area contributed by atoms with Gasteiger partial charge in [0, 0.05) is 16.5 Å². The van der Waals surface area contributed by atoms with E-state index in [1.165, 1.54) is 11.3 Å². The van der Waals surface area contributed by atoms with Crippen LogP contribution in [-0.4, -0.2) is 24.4 Å². The first-order valence-electron chi connectivity index (χ1n) is 8.52. The van der Waals surface area contributed by atoms with Crippen molar-refractivity contribution in [3.8, 4) is 11.3 Å². The summed E-state index contributed by atoms with van der Waals surface area (Å²) in [5.41, 5.74) is 7.07. The van der Waals surface area contributed by atoms with Crippen molar-refractivity contribution in [2.24, 2.45) is 5.10 Å². The smallest absolute Gasteiger partial charge is 0.203 e. The molecule has 1 N–H and O–H groups in total. The lowest BCUT2D eigenvalue weighted by Crippen LogP contribution is -2.17. The third kappa shape index (κ3) is 4.16. The van der Waals surface area contributed by atoms with Gasteiger partial charge in [-0.2, -0.15) is 5.10 Å². The highest BCUT2D eigenvalue weighted by Crippen LogP contribution is 2.25. The van der Waals surface area contributed by atoms with Gasteiger partial charge in [-0.25, -0.2) is 4.98 Å². The summed E-state index contributed by atoms with van der Waals surface area (Å²) in [4.78, 5) is 4.55. The Morgan fingerprint density at radius 1 is 1.04 bits per heavy atom. The van der Waals surface area contributed by atoms with E-state index in [0.29, 0.717) is 0 Å². The Morgan fingerprint density at radius 3 is 2.58 bits per heavy atom. The molecule has 132 valence electrons. The molecule has 2 heterocycles. The molecule has 26 heavy (non-hydrogen) atoms. The molecule has 0 saturated carbocycles. The quantitative estimate of drug-likeness (QED) is 0.526. The Hall–Kier alpha value is -2.54. The van der Waals surface area contributed by atoms with Crippen LogP contribution in [0.2, 0.25) is 0 Å². The second-order valence-electron chi connectivity index (χ2n) is 5.87. The summed E-state index contributed by atoms with van der Waals surface area (Å²) in [6.45, 7) is 1.49. The number of nitrogens with zero attached hydrogens (tertiary/aromatic N) is 2. The fourth-order valence-electron chi connectivity index (χ4n) is 2.65. The van der Waals surface area contributed by atoms with Crippen LogP contribution in [0, 0.1) is 0 Å². The van der Waals surface area contributed by atoms with Crippen molar-refractivity contribution in [2.45, 2.75) is 12.7 Å².